The Morgan fingerprint density at radius 2 is 2.11 bits per heavy atom. The van der Waals surface area contributed by atoms with E-state index in [2.05, 4.69) is 20.5 Å². The van der Waals surface area contributed by atoms with Crippen LogP contribution < -0.4 is 15.8 Å². The molecule has 28 heavy (non-hydrogen) atoms. The average Bonchev–Trinajstić information content (AvgIpc) is 3.41. The van der Waals surface area contributed by atoms with Gasteiger partial charge in [-0.25, -0.2) is 0 Å². The summed E-state index contributed by atoms with van der Waals surface area (Å²) in [6.45, 7) is 0.278. The van der Waals surface area contributed by atoms with Crippen LogP contribution in [0.3, 0.4) is 0 Å². The Labute approximate surface area is 161 Å². The number of H-pyrrole nitrogens is 2. The molecule has 0 bridgehead atoms. The molecule has 0 aliphatic carbocycles. The second kappa shape index (κ2) is 7.58. The molecule has 0 saturated heterocycles. The molecule has 2 heterocycles. The molecule has 0 radical (unpaired) electrons. The minimum Gasteiger partial charge on any atom is -0.497 e. The Balaban J connectivity index is 1.65. The van der Waals surface area contributed by atoms with Gasteiger partial charge in [-0.2, -0.15) is 5.10 Å². The van der Waals surface area contributed by atoms with Gasteiger partial charge in [0.1, 0.15) is 5.75 Å². The predicted molar refractivity (Wildman–Crippen MR) is 108 cm³/mol. The largest absolute Gasteiger partial charge is 0.497 e. The van der Waals surface area contributed by atoms with Crippen molar-refractivity contribution >= 4 is 16.8 Å². The maximum absolute atomic E-state index is 13.0. The van der Waals surface area contributed by atoms with Crippen LogP contribution in [-0.2, 0) is 0 Å². The summed E-state index contributed by atoms with van der Waals surface area (Å²) in [7, 11) is 1.61. The number of nitrogens with two attached hydrogens (primary N) is 1. The molecule has 0 fully saturated rings. The van der Waals surface area contributed by atoms with Crippen LogP contribution in [0.15, 0.2) is 61.1 Å². The number of amides is 1. The van der Waals surface area contributed by atoms with Gasteiger partial charge in [-0.05, 0) is 23.8 Å². The molecule has 0 saturated carbocycles. The topological polar surface area (TPSA) is 109 Å². The second-order valence-corrected chi connectivity index (χ2v) is 6.46. The molecule has 142 valence electrons. The van der Waals surface area contributed by atoms with E-state index in [1.807, 2.05) is 48.8 Å². The van der Waals surface area contributed by atoms with Crippen LogP contribution in [0.5, 0.6) is 5.75 Å². The molecule has 5 N–H and O–H groups in total. The molecule has 0 aliphatic heterocycles. The lowest BCUT2D eigenvalue weighted by Gasteiger charge is -2.18. The van der Waals surface area contributed by atoms with Gasteiger partial charge in [-0.15, -0.1) is 0 Å². The second-order valence-electron chi connectivity index (χ2n) is 6.46. The number of carbonyl (C=O) groups excluding carboxylic acids is 1. The molecule has 4 rings (SSSR count). The van der Waals surface area contributed by atoms with Crippen molar-refractivity contribution < 1.29 is 9.53 Å². The Kier molecular flexibility index (Phi) is 4.82. The van der Waals surface area contributed by atoms with Gasteiger partial charge in [0.05, 0.1) is 30.4 Å². The molecule has 1 amide bonds. The highest BCUT2D eigenvalue weighted by Crippen LogP contribution is 2.30. The molecule has 7 heteroatoms. The highest BCUT2D eigenvalue weighted by Gasteiger charge is 2.18. The molecule has 0 unspecified atom stereocenters. The van der Waals surface area contributed by atoms with Crippen LogP contribution in [0.1, 0.15) is 22.0 Å². The summed E-state index contributed by atoms with van der Waals surface area (Å²) >= 11 is 0. The highest BCUT2D eigenvalue weighted by molar-refractivity contribution is 6.09. The number of aromatic amines is 2. The molecule has 0 spiro atoms. The minimum atomic E-state index is -0.318. The van der Waals surface area contributed by atoms with Gasteiger partial charge in [0.15, 0.2) is 0 Å². The number of hydrogen-bond acceptors (Lipinski definition) is 4. The fraction of sp³-hybridized carbons (Fsp3) is 0.143. The Morgan fingerprint density at radius 1 is 1.25 bits per heavy atom. The van der Waals surface area contributed by atoms with Gasteiger partial charge >= 0.3 is 0 Å². The summed E-state index contributed by atoms with van der Waals surface area (Å²) in [6.07, 6.45) is 5.46. The van der Waals surface area contributed by atoms with Crippen LogP contribution in [0.25, 0.3) is 22.0 Å². The van der Waals surface area contributed by atoms with Crippen molar-refractivity contribution in [2.75, 3.05) is 13.7 Å². The van der Waals surface area contributed by atoms with Gasteiger partial charge in [0.25, 0.3) is 5.91 Å². The highest BCUT2D eigenvalue weighted by atomic mass is 16.5. The summed E-state index contributed by atoms with van der Waals surface area (Å²) in [5, 5.41) is 10.8. The van der Waals surface area contributed by atoms with Gasteiger partial charge in [0, 0.05) is 35.5 Å². The van der Waals surface area contributed by atoms with Gasteiger partial charge < -0.3 is 20.8 Å². The molecule has 2 aromatic carbocycles. The SMILES string of the molecule is COc1cccc([C@H](CN)NC(=O)c2cccc3c(-c4cn[nH]c4)c[nH]c23)c1. The van der Waals surface area contributed by atoms with E-state index >= 15 is 0 Å². The standard InChI is InChI=1S/C21H21N5O2/c1-28-15-5-2-4-13(8-15)19(9-22)26-21(27)17-7-3-6-16-18(12-23-20(16)17)14-10-24-25-11-14/h2-8,10-12,19,23H,9,22H2,1H3,(H,24,25)(H,26,27)/t19-/m0/s1. The molecule has 4 aromatic rings. The van der Waals surface area contributed by atoms with Gasteiger partial charge in [-0.1, -0.05) is 24.3 Å². The Hall–Kier alpha value is -3.58. The number of hydrogen-bond donors (Lipinski definition) is 4. The summed E-state index contributed by atoms with van der Waals surface area (Å²) in [5.41, 5.74) is 10.1. The maximum Gasteiger partial charge on any atom is 0.253 e. The van der Waals surface area contributed by atoms with E-state index in [9.17, 15) is 4.79 Å². The van der Waals surface area contributed by atoms with Crippen molar-refractivity contribution in [3.63, 3.8) is 0 Å². The number of nitrogens with one attached hydrogen (secondary N) is 3. The first-order valence-corrected chi connectivity index (χ1v) is 8.95. The normalized spacial score (nSPS) is 12.1. The summed E-state index contributed by atoms with van der Waals surface area (Å²) < 4.78 is 5.27. The van der Waals surface area contributed by atoms with Crippen molar-refractivity contribution in [3.05, 3.63) is 72.2 Å². The van der Waals surface area contributed by atoms with E-state index in [1.54, 1.807) is 19.4 Å². The van der Waals surface area contributed by atoms with Crippen LogP contribution in [0.2, 0.25) is 0 Å². The lowest BCUT2D eigenvalue weighted by atomic mass is 10.0. The van der Waals surface area contributed by atoms with Crippen LogP contribution in [0.4, 0.5) is 0 Å². The van der Waals surface area contributed by atoms with Crippen molar-refractivity contribution in [1.29, 1.82) is 0 Å². The van der Waals surface area contributed by atoms with E-state index in [-0.39, 0.29) is 18.5 Å². The minimum absolute atomic E-state index is 0.190. The van der Waals surface area contributed by atoms with E-state index in [1.165, 1.54) is 0 Å². The number of fused-ring (bicyclic) bond motifs is 1. The molecule has 7 nitrogen and oxygen atoms in total. The van der Waals surface area contributed by atoms with Crippen molar-refractivity contribution in [2.24, 2.45) is 5.73 Å². The third-order valence-corrected chi connectivity index (χ3v) is 4.81. The number of carbonyl (C=O) groups is 1. The Morgan fingerprint density at radius 3 is 2.86 bits per heavy atom. The molecule has 2 aromatic heterocycles. The quantitative estimate of drug-likeness (QED) is 0.415. The van der Waals surface area contributed by atoms with Gasteiger partial charge in [0.2, 0.25) is 0 Å². The van der Waals surface area contributed by atoms with E-state index in [4.69, 9.17) is 10.5 Å². The predicted octanol–water partition coefficient (Wildman–Crippen LogP) is 3.00. The number of ether oxygens (including phenoxy) is 1. The van der Waals surface area contributed by atoms with Gasteiger partial charge in [-0.3, -0.25) is 9.89 Å². The summed E-state index contributed by atoms with van der Waals surface area (Å²) in [6, 6.07) is 12.9. The lowest BCUT2D eigenvalue weighted by Crippen LogP contribution is -2.33. The zero-order valence-electron chi connectivity index (χ0n) is 15.4. The molecular formula is C21H21N5O2. The van der Waals surface area contributed by atoms with Crippen molar-refractivity contribution in [3.8, 4) is 16.9 Å². The van der Waals surface area contributed by atoms with E-state index in [0.29, 0.717) is 5.56 Å². The zero-order valence-corrected chi connectivity index (χ0v) is 15.4. The van der Waals surface area contributed by atoms with Crippen molar-refractivity contribution in [2.45, 2.75) is 6.04 Å². The van der Waals surface area contributed by atoms with Crippen molar-refractivity contribution in [1.82, 2.24) is 20.5 Å². The molecule has 0 aliphatic rings. The average molecular weight is 375 g/mol. The Bertz CT molecular complexity index is 1100. The molecular weight excluding hydrogens is 354 g/mol. The maximum atomic E-state index is 13.0. The lowest BCUT2D eigenvalue weighted by molar-refractivity contribution is 0.0939. The van der Waals surface area contributed by atoms with Crippen LogP contribution >= 0.6 is 0 Å². The first kappa shape index (κ1) is 17.8. The number of methoxy groups -OCH3 is 1. The van der Waals surface area contributed by atoms with Crippen LogP contribution in [0, 0.1) is 0 Å². The third-order valence-electron chi connectivity index (χ3n) is 4.81. The number of para-hydroxylation sites is 1. The summed E-state index contributed by atoms with van der Waals surface area (Å²) in [4.78, 5) is 16.2. The number of benzene rings is 2. The number of rotatable bonds is 6. The monoisotopic (exact) mass is 375 g/mol. The first-order chi connectivity index (χ1) is 13.7. The summed E-state index contributed by atoms with van der Waals surface area (Å²) in [5.74, 6) is 0.533. The molecule has 1 atom stereocenters. The third kappa shape index (κ3) is 3.23. The van der Waals surface area contributed by atoms with Crippen LogP contribution in [-0.4, -0.2) is 34.7 Å². The van der Waals surface area contributed by atoms with E-state index in [0.717, 1.165) is 33.3 Å². The number of nitrogens with zero attached hydrogens (tertiary/aromatic N) is 1. The fourth-order valence-electron chi connectivity index (χ4n) is 3.35. The first-order valence-electron chi connectivity index (χ1n) is 8.95. The fourth-order valence-corrected chi connectivity index (χ4v) is 3.35. The smallest absolute Gasteiger partial charge is 0.253 e. The van der Waals surface area contributed by atoms with E-state index < -0.39 is 0 Å². The zero-order chi connectivity index (χ0) is 19.5. The number of aromatic nitrogens is 3.